The summed E-state index contributed by atoms with van der Waals surface area (Å²) in [5.41, 5.74) is 4.33. The number of nitrogens with zero attached hydrogens (tertiary/aromatic N) is 2. The minimum Gasteiger partial charge on any atom is -0.497 e. The first-order valence-electron chi connectivity index (χ1n) is 10.4. The molecule has 2 aliphatic heterocycles. The van der Waals surface area contributed by atoms with Crippen molar-refractivity contribution in [3.8, 4) is 17.2 Å². The molecule has 0 N–H and O–H groups in total. The molecule has 3 aromatic carbocycles. The van der Waals surface area contributed by atoms with Gasteiger partial charge in [0.25, 0.3) is 0 Å². The molecule has 5 heteroatoms. The molecule has 2 heterocycles. The van der Waals surface area contributed by atoms with Crippen LogP contribution in [0.5, 0.6) is 17.2 Å². The van der Waals surface area contributed by atoms with Crippen molar-refractivity contribution in [1.82, 2.24) is 5.01 Å². The molecule has 5 nitrogen and oxygen atoms in total. The zero-order chi connectivity index (χ0) is 21.2. The summed E-state index contributed by atoms with van der Waals surface area (Å²) in [5, 5.41) is 7.09. The van der Waals surface area contributed by atoms with Gasteiger partial charge in [-0.25, -0.2) is 5.01 Å². The summed E-state index contributed by atoms with van der Waals surface area (Å²) in [6.07, 6.45) is 2.27. The number of benzene rings is 3. The number of fused-ring (bicyclic) bond motifs is 3. The average molecular weight is 412 g/mol. The van der Waals surface area contributed by atoms with Gasteiger partial charge in [0.1, 0.15) is 23.9 Å². The van der Waals surface area contributed by atoms with E-state index in [1.165, 1.54) is 0 Å². The van der Waals surface area contributed by atoms with Crippen LogP contribution in [0, 0.1) is 0 Å². The average Bonchev–Trinajstić information content (AvgIpc) is 3.28. The quantitative estimate of drug-likeness (QED) is 0.501. The molecule has 156 valence electrons. The fraction of sp³-hybridized carbons (Fsp3) is 0.192. The maximum absolute atomic E-state index is 6.40. The van der Waals surface area contributed by atoms with E-state index in [0.29, 0.717) is 6.61 Å². The lowest BCUT2D eigenvalue weighted by Crippen LogP contribution is -2.33. The minimum atomic E-state index is -0.293. The van der Waals surface area contributed by atoms with Gasteiger partial charge in [-0.1, -0.05) is 30.9 Å². The van der Waals surface area contributed by atoms with Crippen LogP contribution in [0.4, 0.5) is 0 Å². The maximum atomic E-state index is 6.40. The van der Waals surface area contributed by atoms with E-state index in [9.17, 15) is 0 Å². The summed E-state index contributed by atoms with van der Waals surface area (Å²) in [4.78, 5) is 0. The molecular formula is C26H24N2O3. The molecule has 2 unspecified atom stereocenters. The van der Waals surface area contributed by atoms with E-state index >= 15 is 0 Å². The van der Waals surface area contributed by atoms with E-state index in [1.807, 2.05) is 48.5 Å². The van der Waals surface area contributed by atoms with Gasteiger partial charge in [0.2, 0.25) is 6.23 Å². The van der Waals surface area contributed by atoms with Crippen LogP contribution in [0.2, 0.25) is 0 Å². The Labute approximate surface area is 182 Å². The van der Waals surface area contributed by atoms with Gasteiger partial charge in [0, 0.05) is 17.5 Å². The standard InChI is InChI=1S/C26H24N2O3/c1-3-16-30-21-14-8-18(9-15-21)23-17-24-22-6-4-5-7-25(22)31-26(28(24)27-23)19-10-12-20(29-2)13-11-19/h3-15,24,26H,1,16-17H2,2H3. The highest BCUT2D eigenvalue weighted by Gasteiger charge is 2.40. The highest BCUT2D eigenvalue weighted by molar-refractivity contribution is 6.02. The first-order valence-corrected chi connectivity index (χ1v) is 10.4. The molecule has 0 aliphatic carbocycles. The van der Waals surface area contributed by atoms with E-state index in [-0.39, 0.29) is 12.3 Å². The van der Waals surface area contributed by atoms with Gasteiger partial charge in [0.05, 0.1) is 18.9 Å². The molecule has 0 spiro atoms. The summed E-state index contributed by atoms with van der Waals surface area (Å²) >= 11 is 0. The topological polar surface area (TPSA) is 43.3 Å². The third-order valence-electron chi connectivity index (χ3n) is 5.66. The van der Waals surface area contributed by atoms with E-state index in [1.54, 1.807) is 13.2 Å². The SMILES string of the molecule is C=CCOc1ccc(C2=NN3C(C2)c2ccccc2OC3c2ccc(OC)cc2)cc1. The van der Waals surface area contributed by atoms with Crippen molar-refractivity contribution in [1.29, 1.82) is 0 Å². The Hall–Kier alpha value is -3.73. The minimum absolute atomic E-state index is 0.128. The van der Waals surface area contributed by atoms with Crippen molar-refractivity contribution in [2.24, 2.45) is 5.10 Å². The smallest absolute Gasteiger partial charge is 0.213 e. The van der Waals surface area contributed by atoms with Gasteiger partial charge in [-0.2, -0.15) is 5.10 Å². The van der Waals surface area contributed by atoms with E-state index in [4.69, 9.17) is 19.3 Å². The molecular weight excluding hydrogens is 388 g/mol. The van der Waals surface area contributed by atoms with Gasteiger partial charge < -0.3 is 14.2 Å². The monoisotopic (exact) mass is 412 g/mol. The molecule has 3 aromatic rings. The van der Waals surface area contributed by atoms with Gasteiger partial charge in [-0.3, -0.25) is 0 Å². The number of methoxy groups -OCH3 is 1. The van der Waals surface area contributed by atoms with Crippen molar-refractivity contribution in [3.05, 3.63) is 102 Å². The van der Waals surface area contributed by atoms with Crippen LogP contribution < -0.4 is 14.2 Å². The Balaban J connectivity index is 1.48. The third-order valence-corrected chi connectivity index (χ3v) is 5.66. The van der Waals surface area contributed by atoms with Crippen molar-refractivity contribution in [2.45, 2.75) is 18.7 Å². The second kappa shape index (κ2) is 8.19. The van der Waals surface area contributed by atoms with Gasteiger partial charge in [0.15, 0.2) is 0 Å². The van der Waals surface area contributed by atoms with Crippen LogP contribution in [0.3, 0.4) is 0 Å². The lowest BCUT2D eigenvalue weighted by atomic mass is 9.96. The van der Waals surface area contributed by atoms with Crippen molar-refractivity contribution < 1.29 is 14.2 Å². The number of para-hydroxylation sites is 1. The predicted molar refractivity (Wildman–Crippen MR) is 121 cm³/mol. The summed E-state index contributed by atoms with van der Waals surface area (Å²) in [6, 6.07) is 24.4. The molecule has 2 aliphatic rings. The van der Waals surface area contributed by atoms with Gasteiger partial charge in [-0.05, 0) is 60.2 Å². The molecule has 0 fully saturated rings. The molecule has 0 saturated carbocycles. The van der Waals surface area contributed by atoms with Crippen LogP contribution in [-0.4, -0.2) is 24.4 Å². The van der Waals surface area contributed by atoms with Crippen LogP contribution in [0.25, 0.3) is 0 Å². The van der Waals surface area contributed by atoms with Gasteiger partial charge in [-0.15, -0.1) is 0 Å². The number of hydrazone groups is 1. The van der Waals surface area contributed by atoms with Gasteiger partial charge >= 0.3 is 0 Å². The zero-order valence-corrected chi connectivity index (χ0v) is 17.4. The Morgan fingerprint density at radius 1 is 1.03 bits per heavy atom. The molecule has 0 amide bonds. The summed E-state index contributed by atoms with van der Waals surface area (Å²) in [7, 11) is 1.67. The molecule has 2 atom stereocenters. The van der Waals surface area contributed by atoms with Crippen LogP contribution in [0.1, 0.15) is 35.4 Å². The molecule has 0 bridgehead atoms. The molecule has 5 rings (SSSR count). The Bertz CT molecular complexity index is 1110. The van der Waals surface area contributed by atoms with E-state index in [0.717, 1.165) is 46.1 Å². The highest BCUT2D eigenvalue weighted by Crippen LogP contribution is 2.47. The fourth-order valence-corrected chi connectivity index (χ4v) is 4.10. The Morgan fingerprint density at radius 2 is 1.77 bits per heavy atom. The largest absolute Gasteiger partial charge is 0.497 e. The second-order valence-electron chi connectivity index (χ2n) is 7.55. The number of ether oxygens (including phenoxy) is 3. The maximum Gasteiger partial charge on any atom is 0.213 e. The molecule has 0 saturated heterocycles. The normalized spacial score (nSPS) is 19.0. The van der Waals surface area contributed by atoms with Crippen molar-refractivity contribution >= 4 is 5.71 Å². The van der Waals surface area contributed by atoms with Crippen molar-refractivity contribution in [3.63, 3.8) is 0 Å². The summed E-state index contributed by atoms with van der Waals surface area (Å²) in [6.45, 7) is 4.18. The first kappa shape index (κ1) is 19.2. The lowest BCUT2D eigenvalue weighted by molar-refractivity contribution is -0.0190. The predicted octanol–water partition coefficient (Wildman–Crippen LogP) is 5.50. The lowest BCUT2D eigenvalue weighted by Gasteiger charge is -2.38. The van der Waals surface area contributed by atoms with Crippen molar-refractivity contribution in [2.75, 3.05) is 13.7 Å². The van der Waals surface area contributed by atoms with Crippen LogP contribution >= 0.6 is 0 Å². The molecule has 0 radical (unpaired) electrons. The van der Waals surface area contributed by atoms with E-state index < -0.39 is 0 Å². The zero-order valence-electron chi connectivity index (χ0n) is 17.4. The second-order valence-corrected chi connectivity index (χ2v) is 7.55. The summed E-state index contributed by atoms with van der Waals surface area (Å²) < 4.78 is 17.3. The molecule has 31 heavy (non-hydrogen) atoms. The third kappa shape index (κ3) is 3.63. The number of hydrogen-bond acceptors (Lipinski definition) is 5. The fourth-order valence-electron chi connectivity index (χ4n) is 4.10. The van der Waals surface area contributed by atoms with E-state index in [2.05, 4.69) is 35.9 Å². The van der Waals surface area contributed by atoms with Crippen LogP contribution in [-0.2, 0) is 0 Å². The first-order chi connectivity index (χ1) is 15.3. The molecule has 0 aromatic heterocycles. The number of hydrogen-bond donors (Lipinski definition) is 0. The highest BCUT2D eigenvalue weighted by atomic mass is 16.5. The number of rotatable bonds is 6. The Kier molecular flexibility index (Phi) is 5.08. The van der Waals surface area contributed by atoms with Crippen LogP contribution in [0.15, 0.2) is 90.6 Å². The summed E-state index contributed by atoms with van der Waals surface area (Å²) in [5.74, 6) is 2.56. The Morgan fingerprint density at radius 3 is 2.52 bits per heavy atom.